The van der Waals surface area contributed by atoms with Crippen LogP contribution in [0.4, 0.5) is 0 Å². The van der Waals surface area contributed by atoms with Gasteiger partial charge in [0.15, 0.2) is 0 Å². The molecule has 1 aromatic carbocycles. The Hall–Kier alpha value is -1.06. The van der Waals surface area contributed by atoms with Crippen molar-refractivity contribution in [2.24, 2.45) is 5.92 Å². The van der Waals surface area contributed by atoms with E-state index in [-0.39, 0.29) is 5.91 Å². The Morgan fingerprint density at radius 2 is 2.11 bits per heavy atom. The van der Waals surface area contributed by atoms with E-state index in [1.807, 2.05) is 6.92 Å². The van der Waals surface area contributed by atoms with Gasteiger partial charge in [0.05, 0.1) is 13.1 Å². The van der Waals surface area contributed by atoms with Gasteiger partial charge in [-0.15, -0.1) is 0 Å². The van der Waals surface area contributed by atoms with Crippen LogP contribution < -0.4 is 0 Å². The van der Waals surface area contributed by atoms with Crippen LogP contribution in [-0.4, -0.2) is 34.6 Å². The maximum absolute atomic E-state index is 12.2. The summed E-state index contributed by atoms with van der Waals surface area (Å²) >= 11 is 5.94. The SMILES string of the molecule is Cc1cc(C(=O)N2CC(O)(C3CC3)C2)ccc1Cl. The number of carbonyl (C=O) groups excluding carboxylic acids is 1. The number of likely N-dealkylation sites (tertiary alicyclic amines) is 1. The Morgan fingerprint density at radius 3 is 2.67 bits per heavy atom. The lowest BCUT2D eigenvalue weighted by atomic mass is 9.88. The van der Waals surface area contributed by atoms with E-state index >= 15 is 0 Å². The molecule has 1 aliphatic carbocycles. The van der Waals surface area contributed by atoms with Gasteiger partial charge in [0, 0.05) is 10.6 Å². The van der Waals surface area contributed by atoms with Crippen molar-refractivity contribution >= 4 is 17.5 Å². The van der Waals surface area contributed by atoms with Crippen LogP contribution in [0.5, 0.6) is 0 Å². The van der Waals surface area contributed by atoms with Crippen LogP contribution in [0.2, 0.25) is 5.02 Å². The van der Waals surface area contributed by atoms with Crippen LogP contribution in [0.15, 0.2) is 18.2 Å². The van der Waals surface area contributed by atoms with Crippen LogP contribution in [-0.2, 0) is 0 Å². The zero-order valence-corrected chi connectivity index (χ0v) is 11.1. The van der Waals surface area contributed by atoms with Crippen LogP contribution in [0.25, 0.3) is 0 Å². The Bertz CT molecular complexity index is 505. The third-order valence-corrected chi connectivity index (χ3v) is 4.38. The Labute approximate surface area is 111 Å². The number of aliphatic hydroxyl groups is 1. The second-order valence-electron chi connectivity index (χ2n) is 5.50. The molecule has 0 aromatic heterocycles. The normalized spacial score (nSPS) is 21.6. The Kier molecular flexibility index (Phi) is 2.65. The fraction of sp³-hybridized carbons (Fsp3) is 0.500. The first kappa shape index (κ1) is 12.0. The third kappa shape index (κ3) is 1.91. The summed E-state index contributed by atoms with van der Waals surface area (Å²) in [5.74, 6) is 0.397. The summed E-state index contributed by atoms with van der Waals surface area (Å²) in [5.41, 5.74) is 0.937. The molecule has 0 spiro atoms. The minimum absolute atomic E-state index is 0.0138. The van der Waals surface area contributed by atoms with Crippen LogP contribution >= 0.6 is 11.6 Å². The van der Waals surface area contributed by atoms with E-state index in [9.17, 15) is 9.90 Å². The summed E-state index contributed by atoms with van der Waals surface area (Å²) in [5, 5.41) is 10.9. The highest BCUT2D eigenvalue weighted by Crippen LogP contribution is 2.44. The number of rotatable bonds is 2. The molecule has 1 amide bonds. The van der Waals surface area contributed by atoms with Gasteiger partial charge in [0.1, 0.15) is 5.60 Å². The van der Waals surface area contributed by atoms with Crippen molar-refractivity contribution in [3.8, 4) is 0 Å². The lowest BCUT2D eigenvalue weighted by Crippen LogP contribution is -2.64. The van der Waals surface area contributed by atoms with E-state index in [2.05, 4.69) is 0 Å². The monoisotopic (exact) mass is 265 g/mol. The topological polar surface area (TPSA) is 40.5 Å². The van der Waals surface area contributed by atoms with Crippen molar-refractivity contribution in [3.63, 3.8) is 0 Å². The van der Waals surface area contributed by atoms with Crippen LogP contribution in [0.1, 0.15) is 28.8 Å². The number of nitrogens with zero attached hydrogens (tertiary/aromatic N) is 1. The smallest absolute Gasteiger partial charge is 0.254 e. The first-order chi connectivity index (χ1) is 8.49. The molecule has 1 N–H and O–H groups in total. The van der Waals surface area contributed by atoms with Crippen molar-refractivity contribution in [1.29, 1.82) is 0 Å². The molecule has 1 aliphatic heterocycles. The molecule has 0 atom stereocenters. The van der Waals surface area contributed by atoms with Gasteiger partial charge >= 0.3 is 0 Å². The number of aryl methyl sites for hydroxylation is 1. The standard InChI is InChI=1S/C14H16ClNO2/c1-9-6-10(2-5-12(9)15)13(17)16-7-14(18,8-16)11-3-4-11/h2,5-6,11,18H,3-4,7-8H2,1H3. The number of carbonyl (C=O) groups is 1. The molecular weight excluding hydrogens is 250 g/mol. The molecule has 4 heteroatoms. The largest absolute Gasteiger partial charge is 0.386 e. The quantitative estimate of drug-likeness (QED) is 0.891. The summed E-state index contributed by atoms with van der Waals surface area (Å²) in [6.45, 7) is 2.83. The second-order valence-corrected chi connectivity index (χ2v) is 5.91. The maximum Gasteiger partial charge on any atom is 0.254 e. The van der Waals surface area contributed by atoms with E-state index in [1.54, 1.807) is 23.1 Å². The molecule has 96 valence electrons. The molecule has 2 aliphatic rings. The third-order valence-electron chi connectivity index (χ3n) is 3.96. The number of halogens is 1. The summed E-state index contributed by atoms with van der Waals surface area (Å²) in [4.78, 5) is 13.9. The minimum atomic E-state index is -0.614. The molecule has 18 heavy (non-hydrogen) atoms. The van der Waals surface area contributed by atoms with E-state index in [4.69, 9.17) is 11.6 Å². The summed E-state index contributed by atoms with van der Waals surface area (Å²) in [7, 11) is 0. The average Bonchev–Trinajstić information content (AvgIpc) is 3.12. The lowest BCUT2D eigenvalue weighted by molar-refractivity contribution is -0.0958. The fourth-order valence-electron chi connectivity index (χ4n) is 2.60. The van der Waals surface area contributed by atoms with Gasteiger partial charge in [-0.25, -0.2) is 0 Å². The second kappa shape index (κ2) is 3.97. The fourth-order valence-corrected chi connectivity index (χ4v) is 2.72. The lowest BCUT2D eigenvalue weighted by Gasteiger charge is -2.47. The van der Waals surface area contributed by atoms with Gasteiger partial charge in [-0.2, -0.15) is 0 Å². The molecule has 1 aromatic rings. The zero-order chi connectivity index (χ0) is 12.9. The van der Waals surface area contributed by atoms with Crippen molar-refractivity contribution in [2.45, 2.75) is 25.4 Å². The molecule has 3 rings (SSSR count). The van der Waals surface area contributed by atoms with Gasteiger partial charge in [-0.3, -0.25) is 4.79 Å². The van der Waals surface area contributed by atoms with Crippen molar-refractivity contribution < 1.29 is 9.90 Å². The average molecular weight is 266 g/mol. The first-order valence-electron chi connectivity index (χ1n) is 6.27. The highest BCUT2D eigenvalue weighted by molar-refractivity contribution is 6.31. The van der Waals surface area contributed by atoms with Gasteiger partial charge in [-0.1, -0.05) is 11.6 Å². The number of β-amino-alcohol motifs (C(OH)–C–C–N with tert-alkyl or cyclic N) is 1. The minimum Gasteiger partial charge on any atom is -0.386 e. The predicted octanol–water partition coefficient (Wildman–Crippen LogP) is 2.25. The molecule has 0 bridgehead atoms. The van der Waals surface area contributed by atoms with Gasteiger partial charge < -0.3 is 10.0 Å². The number of hydrogen-bond acceptors (Lipinski definition) is 2. The first-order valence-corrected chi connectivity index (χ1v) is 6.65. The van der Waals surface area contributed by atoms with Gasteiger partial charge in [0.2, 0.25) is 0 Å². The predicted molar refractivity (Wildman–Crippen MR) is 69.8 cm³/mol. The van der Waals surface area contributed by atoms with E-state index in [0.717, 1.165) is 18.4 Å². The molecule has 0 unspecified atom stereocenters. The van der Waals surface area contributed by atoms with Crippen LogP contribution in [0.3, 0.4) is 0 Å². The molecule has 3 nitrogen and oxygen atoms in total. The van der Waals surface area contributed by atoms with Crippen molar-refractivity contribution in [2.75, 3.05) is 13.1 Å². The number of benzene rings is 1. The molecule has 1 heterocycles. The van der Waals surface area contributed by atoms with Crippen molar-refractivity contribution in [3.05, 3.63) is 34.3 Å². The van der Waals surface area contributed by atoms with Crippen molar-refractivity contribution in [1.82, 2.24) is 4.90 Å². The number of hydrogen-bond donors (Lipinski definition) is 1. The van der Waals surface area contributed by atoms with Crippen LogP contribution in [0, 0.1) is 12.8 Å². The zero-order valence-electron chi connectivity index (χ0n) is 10.3. The van der Waals surface area contributed by atoms with E-state index in [0.29, 0.717) is 29.6 Å². The summed E-state index contributed by atoms with van der Waals surface area (Å²) in [6.07, 6.45) is 2.19. The molecular formula is C14H16ClNO2. The summed E-state index contributed by atoms with van der Waals surface area (Å²) < 4.78 is 0. The van der Waals surface area contributed by atoms with Gasteiger partial charge in [-0.05, 0) is 49.4 Å². The number of amides is 1. The van der Waals surface area contributed by atoms with Gasteiger partial charge in [0.25, 0.3) is 5.91 Å². The highest BCUT2D eigenvalue weighted by atomic mass is 35.5. The maximum atomic E-state index is 12.2. The molecule has 1 saturated carbocycles. The van der Waals surface area contributed by atoms with E-state index in [1.165, 1.54) is 0 Å². The molecule has 2 fully saturated rings. The Balaban J connectivity index is 1.70. The molecule has 0 radical (unpaired) electrons. The Morgan fingerprint density at radius 1 is 1.44 bits per heavy atom. The summed E-state index contributed by atoms with van der Waals surface area (Å²) in [6, 6.07) is 5.29. The van der Waals surface area contributed by atoms with E-state index < -0.39 is 5.60 Å². The molecule has 1 saturated heterocycles. The highest BCUT2D eigenvalue weighted by Gasteiger charge is 2.53.